The monoisotopic (exact) mass is 317 g/mol. The molecule has 0 unspecified atom stereocenters. The molecule has 0 saturated carbocycles. The van der Waals surface area contributed by atoms with Gasteiger partial charge >= 0.3 is 0 Å². The molecular formula is C10H9Cl2N5OS. The number of nitrogens with two attached hydrogens (primary N) is 2. The van der Waals surface area contributed by atoms with Crippen LogP contribution in [0.2, 0.25) is 10.0 Å². The Morgan fingerprint density at radius 3 is 2.79 bits per heavy atom. The summed E-state index contributed by atoms with van der Waals surface area (Å²) in [4.78, 5) is 10.7. The van der Waals surface area contributed by atoms with Gasteiger partial charge in [0.15, 0.2) is 5.82 Å². The number of carbonyl (C=O) groups excluding carboxylic acids is 1. The van der Waals surface area contributed by atoms with Crippen LogP contribution in [0.15, 0.2) is 23.4 Å². The van der Waals surface area contributed by atoms with Gasteiger partial charge in [-0.05, 0) is 18.2 Å². The van der Waals surface area contributed by atoms with Crippen molar-refractivity contribution in [2.75, 3.05) is 11.6 Å². The van der Waals surface area contributed by atoms with Crippen LogP contribution >= 0.6 is 35.0 Å². The minimum Gasteiger partial charge on any atom is -0.369 e. The third kappa shape index (κ3) is 3.12. The van der Waals surface area contributed by atoms with Crippen molar-refractivity contribution in [2.45, 2.75) is 5.16 Å². The fraction of sp³-hybridized carbons (Fsp3) is 0.100. The van der Waals surface area contributed by atoms with Crippen molar-refractivity contribution < 1.29 is 4.79 Å². The number of thioether (sulfide) groups is 1. The van der Waals surface area contributed by atoms with Crippen molar-refractivity contribution in [1.82, 2.24) is 14.9 Å². The molecule has 0 aliphatic rings. The Kier molecular flexibility index (Phi) is 4.18. The Bertz CT molecular complexity index is 630. The maximum atomic E-state index is 10.7. The molecule has 9 heteroatoms. The first-order valence-corrected chi connectivity index (χ1v) is 6.80. The number of hydrogen-bond acceptors (Lipinski definition) is 5. The third-order valence-corrected chi connectivity index (χ3v) is 3.71. The minimum absolute atomic E-state index is 0.0681. The molecule has 4 N–H and O–H groups in total. The molecule has 1 amide bonds. The summed E-state index contributed by atoms with van der Waals surface area (Å²) in [5, 5.41) is 9.14. The van der Waals surface area contributed by atoms with E-state index in [4.69, 9.17) is 34.8 Å². The van der Waals surface area contributed by atoms with E-state index in [0.29, 0.717) is 26.6 Å². The molecule has 1 aromatic heterocycles. The van der Waals surface area contributed by atoms with Crippen LogP contribution in [0, 0.1) is 0 Å². The van der Waals surface area contributed by atoms with E-state index in [9.17, 15) is 4.79 Å². The van der Waals surface area contributed by atoms with Crippen LogP contribution in [-0.4, -0.2) is 26.5 Å². The Labute approximate surface area is 123 Å². The molecule has 1 heterocycles. The van der Waals surface area contributed by atoms with Gasteiger partial charge in [-0.15, -0.1) is 10.2 Å². The quantitative estimate of drug-likeness (QED) is 0.658. The number of hydrogen-bond donors (Lipinski definition) is 2. The summed E-state index contributed by atoms with van der Waals surface area (Å²) in [7, 11) is 0. The molecular weight excluding hydrogens is 309 g/mol. The molecule has 0 radical (unpaired) electrons. The van der Waals surface area contributed by atoms with E-state index in [1.807, 2.05) is 0 Å². The highest BCUT2D eigenvalue weighted by molar-refractivity contribution is 7.99. The van der Waals surface area contributed by atoms with Gasteiger partial charge in [0.2, 0.25) is 11.1 Å². The van der Waals surface area contributed by atoms with Crippen molar-refractivity contribution >= 4 is 40.9 Å². The van der Waals surface area contributed by atoms with E-state index in [0.717, 1.165) is 11.8 Å². The van der Waals surface area contributed by atoms with E-state index >= 15 is 0 Å². The van der Waals surface area contributed by atoms with Crippen molar-refractivity contribution in [1.29, 1.82) is 0 Å². The predicted molar refractivity (Wildman–Crippen MR) is 75.5 cm³/mol. The van der Waals surface area contributed by atoms with E-state index in [1.54, 1.807) is 18.2 Å². The Morgan fingerprint density at radius 1 is 1.37 bits per heavy atom. The summed E-state index contributed by atoms with van der Waals surface area (Å²) in [6.45, 7) is 0. The first-order chi connectivity index (χ1) is 8.99. The topological polar surface area (TPSA) is 99.8 Å². The van der Waals surface area contributed by atoms with E-state index < -0.39 is 5.91 Å². The van der Waals surface area contributed by atoms with Crippen LogP contribution in [0.3, 0.4) is 0 Å². The highest BCUT2D eigenvalue weighted by atomic mass is 35.5. The average Bonchev–Trinajstić information content (AvgIpc) is 2.71. The molecule has 2 rings (SSSR count). The molecule has 2 aromatic rings. The molecule has 0 fully saturated rings. The zero-order chi connectivity index (χ0) is 14.0. The molecule has 0 saturated heterocycles. The summed E-state index contributed by atoms with van der Waals surface area (Å²) >= 11 is 13.1. The second kappa shape index (κ2) is 5.68. The van der Waals surface area contributed by atoms with Gasteiger partial charge in [-0.3, -0.25) is 4.79 Å². The Balaban J connectivity index is 2.36. The number of rotatable bonds is 4. The molecule has 0 atom stereocenters. The summed E-state index contributed by atoms with van der Waals surface area (Å²) in [5.74, 6) is 5.82. The number of halogens is 2. The van der Waals surface area contributed by atoms with E-state index in [-0.39, 0.29) is 5.75 Å². The zero-order valence-corrected chi connectivity index (χ0v) is 11.8. The molecule has 100 valence electrons. The van der Waals surface area contributed by atoms with E-state index in [1.165, 1.54) is 4.68 Å². The van der Waals surface area contributed by atoms with Crippen molar-refractivity contribution in [3.63, 3.8) is 0 Å². The lowest BCUT2D eigenvalue weighted by molar-refractivity contribution is -0.115. The van der Waals surface area contributed by atoms with Crippen LogP contribution in [0.25, 0.3) is 11.4 Å². The highest BCUT2D eigenvalue weighted by Crippen LogP contribution is 2.30. The smallest absolute Gasteiger partial charge is 0.227 e. The number of primary amides is 1. The van der Waals surface area contributed by atoms with Crippen molar-refractivity contribution in [2.24, 2.45) is 5.73 Å². The standard InChI is InChI=1S/C10H9Cl2N5OS/c11-5-1-2-7(12)6(3-5)9-15-16-10(17(9)14)19-4-8(13)18/h1-3H,4,14H2,(H2,13,18). The van der Waals surface area contributed by atoms with Crippen LogP contribution < -0.4 is 11.6 Å². The van der Waals surface area contributed by atoms with Gasteiger partial charge in [0, 0.05) is 10.6 Å². The van der Waals surface area contributed by atoms with E-state index in [2.05, 4.69) is 10.2 Å². The lowest BCUT2D eigenvalue weighted by Gasteiger charge is -2.05. The molecule has 6 nitrogen and oxygen atoms in total. The first kappa shape index (κ1) is 14.0. The van der Waals surface area contributed by atoms with Crippen LogP contribution in [0.4, 0.5) is 0 Å². The summed E-state index contributed by atoms with van der Waals surface area (Å²) in [5.41, 5.74) is 5.62. The molecule has 19 heavy (non-hydrogen) atoms. The van der Waals surface area contributed by atoms with Crippen molar-refractivity contribution in [3.05, 3.63) is 28.2 Å². The molecule has 1 aromatic carbocycles. The zero-order valence-electron chi connectivity index (χ0n) is 9.51. The molecule has 0 bridgehead atoms. The van der Waals surface area contributed by atoms with Crippen LogP contribution in [0.5, 0.6) is 0 Å². The Morgan fingerprint density at radius 2 is 2.11 bits per heavy atom. The fourth-order valence-electron chi connectivity index (χ4n) is 1.36. The van der Waals surface area contributed by atoms with Gasteiger partial charge in [0.1, 0.15) is 0 Å². The third-order valence-electron chi connectivity index (χ3n) is 2.18. The number of nitrogens with zero attached hydrogens (tertiary/aromatic N) is 3. The second-order valence-corrected chi connectivity index (χ2v) is 5.34. The first-order valence-electron chi connectivity index (χ1n) is 5.06. The summed E-state index contributed by atoms with van der Waals surface area (Å²) in [6, 6.07) is 4.94. The molecule has 0 aliphatic carbocycles. The average molecular weight is 318 g/mol. The summed E-state index contributed by atoms with van der Waals surface area (Å²) < 4.78 is 1.24. The number of amides is 1. The lowest BCUT2D eigenvalue weighted by Crippen LogP contribution is -2.16. The number of nitrogen functional groups attached to an aromatic ring is 1. The SMILES string of the molecule is NC(=O)CSc1nnc(-c2cc(Cl)ccc2Cl)n1N. The van der Waals surface area contributed by atoms with Crippen molar-refractivity contribution in [3.8, 4) is 11.4 Å². The maximum absolute atomic E-state index is 10.7. The molecule has 0 spiro atoms. The normalized spacial score (nSPS) is 10.6. The van der Waals surface area contributed by atoms with Gasteiger partial charge in [0.25, 0.3) is 0 Å². The minimum atomic E-state index is -0.463. The predicted octanol–water partition coefficient (Wildman–Crippen LogP) is 1.54. The van der Waals surface area contributed by atoms with Gasteiger partial charge in [-0.2, -0.15) is 0 Å². The van der Waals surface area contributed by atoms with Gasteiger partial charge < -0.3 is 11.6 Å². The van der Waals surface area contributed by atoms with Gasteiger partial charge in [-0.1, -0.05) is 35.0 Å². The summed E-state index contributed by atoms with van der Waals surface area (Å²) in [6.07, 6.45) is 0. The lowest BCUT2D eigenvalue weighted by atomic mass is 10.2. The highest BCUT2D eigenvalue weighted by Gasteiger charge is 2.15. The second-order valence-electron chi connectivity index (χ2n) is 3.56. The number of aromatic nitrogens is 3. The van der Waals surface area contributed by atoms with Crippen LogP contribution in [-0.2, 0) is 4.79 Å². The number of benzene rings is 1. The number of carbonyl (C=O) groups is 1. The molecule has 0 aliphatic heterocycles. The van der Waals surface area contributed by atoms with Gasteiger partial charge in [0.05, 0.1) is 10.8 Å². The largest absolute Gasteiger partial charge is 0.369 e. The maximum Gasteiger partial charge on any atom is 0.227 e. The Hall–Kier alpha value is -1.44. The van der Waals surface area contributed by atoms with Crippen LogP contribution in [0.1, 0.15) is 0 Å². The van der Waals surface area contributed by atoms with Gasteiger partial charge in [-0.25, -0.2) is 4.68 Å². The fourth-order valence-corrected chi connectivity index (χ4v) is 2.33.